The predicted octanol–water partition coefficient (Wildman–Crippen LogP) is 5.50. The third-order valence-corrected chi connectivity index (χ3v) is 6.51. The number of nitrogens with two attached hydrogens (primary N) is 1. The smallest absolute Gasteiger partial charge is 0.326 e. The summed E-state index contributed by atoms with van der Waals surface area (Å²) in [5.41, 5.74) is 8.30. The zero-order valence-corrected chi connectivity index (χ0v) is 18.8. The van der Waals surface area contributed by atoms with E-state index < -0.39 is 12.0 Å². The molecule has 5 aromatic carbocycles. The van der Waals surface area contributed by atoms with Gasteiger partial charge in [-0.1, -0.05) is 72.8 Å². The van der Waals surface area contributed by atoms with Gasteiger partial charge in [0.2, 0.25) is 5.91 Å². The Balaban J connectivity index is 1.61. The van der Waals surface area contributed by atoms with Gasteiger partial charge in [-0.25, -0.2) is 4.79 Å². The van der Waals surface area contributed by atoms with E-state index in [2.05, 4.69) is 47.8 Å². The van der Waals surface area contributed by atoms with Crippen LogP contribution in [-0.2, 0) is 22.4 Å². The normalized spacial score (nSPS) is 12.4. The van der Waals surface area contributed by atoms with E-state index in [0.29, 0.717) is 19.3 Å². The lowest BCUT2D eigenvalue weighted by Gasteiger charge is -2.21. The summed E-state index contributed by atoms with van der Waals surface area (Å²) in [6.45, 7) is 0. The largest absolute Gasteiger partial charge is 0.480 e. The van der Waals surface area contributed by atoms with Crippen molar-refractivity contribution in [1.82, 2.24) is 0 Å². The van der Waals surface area contributed by atoms with Crippen molar-refractivity contribution in [2.45, 2.75) is 31.7 Å². The molecule has 4 N–H and O–H groups in total. The van der Waals surface area contributed by atoms with Gasteiger partial charge < -0.3 is 16.2 Å². The number of primary amides is 1. The minimum atomic E-state index is -0.887. The Morgan fingerprint density at radius 1 is 0.853 bits per heavy atom. The second-order valence-corrected chi connectivity index (χ2v) is 8.81. The highest BCUT2D eigenvalue weighted by Crippen LogP contribution is 2.40. The first kappa shape index (κ1) is 21.7. The number of hydrogen-bond donors (Lipinski definition) is 3. The van der Waals surface area contributed by atoms with Crippen LogP contribution in [0.5, 0.6) is 0 Å². The van der Waals surface area contributed by atoms with Gasteiger partial charge in [-0.05, 0) is 57.0 Å². The molecule has 1 amide bonds. The number of amides is 1. The van der Waals surface area contributed by atoms with Crippen molar-refractivity contribution in [2.75, 3.05) is 5.32 Å². The number of nitrogens with one attached hydrogen (secondary N) is 1. The Morgan fingerprint density at radius 3 is 2.38 bits per heavy atom. The van der Waals surface area contributed by atoms with E-state index in [9.17, 15) is 14.7 Å². The Hall–Kier alpha value is -4.12. The minimum Gasteiger partial charge on any atom is -0.480 e. The number of benzene rings is 5. The highest BCUT2D eigenvalue weighted by molar-refractivity contribution is 6.26. The Kier molecular flexibility index (Phi) is 5.76. The molecule has 0 unspecified atom stereocenters. The van der Waals surface area contributed by atoms with Crippen LogP contribution in [0.15, 0.2) is 78.9 Å². The summed E-state index contributed by atoms with van der Waals surface area (Å²) in [6.07, 6.45) is 2.18. The van der Waals surface area contributed by atoms with Crippen molar-refractivity contribution in [3.05, 3.63) is 90.0 Å². The van der Waals surface area contributed by atoms with Gasteiger partial charge in [0.05, 0.1) is 0 Å². The van der Waals surface area contributed by atoms with Crippen molar-refractivity contribution in [1.29, 1.82) is 0 Å². The van der Waals surface area contributed by atoms with Crippen LogP contribution < -0.4 is 11.1 Å². The third-order valence-electron chi connectivity index (χ3n) is 6.51. The molecule has 1 atom stereocenters. The monoisotopic (exact) mass is 450 g/mol. The Morgan fingerprint density at radius 2 is 1.62 bits per heavy atom. The lowest BCUT2D eigenvalue weighted by Crippen LogP contribution is -2.31. The average molecular weight is 451 g/mol. The molecule has 0 radical (unpaired) electrons. The average Bonchev–Trinajstić information content (AvgIpc) is 2.83. The number of carbonyl (C=O) groups is 2. The van der Waals surface area contributed by atoms with E-state index in [1.54, 1.807) is 0 Å². The van der Waals surface area contributed by atoms with E-state index >= 15 is 0 Å². The molecular weight excluding hydrogens is 424 g/mol. The molecule has 0 aliphatic heterocycles. The van der Waals surface area contributed by atoms with Crippen molar-refractivity contribution < 1.29 is 14.7 Å². The van der Waals surface area contributed by atoms with Gasteiger partial charge in [0, 0.05) is 23.9 Å². The summed E-state index contributed by atoms with van der Waals surface area (Å²) in [6, 6.07) is 25.6. The zero-order valence-electron chi connectivity index (χ0n) is 18.8. The van der Waals surface area contributed by atoms with Crippen LogP contribution >= 0.6 is 0 Å². The van der Waals surface area contributed by atoms with Crippen molar-refractivity contribution in [3.8, 4) is 0 Å². The summed E-state index contributed by atoms with van der Waals surface area (Å²) < 4.78 is 0. The molecular formula is C29H26N2O3. The molecule has 5 rings (SSSR count). The number of carboxylic acid groups (broad SMARTS) is 1. The number of hydrogen-bond acceptors (Lipinski definition) is 3. The van der Waals surface area contributed by atoms with E-state index in [1.165, 1.54) is 10.9 Å². The Bertz CT molecular complexity index is 1490. The van der Waals surface area contributed by atoms with Gasteiger partial charge in [0.1, 0.15) is 6.04 Å². The first-order valence-corrected chi connectivity index (χ1v) is 11.5. The lowest BCUT2D eigenvalue weighted by molar-refractivity contribution is -0.137. The molecule has 34 heavy (non-hydrogen) atoms. The molecule has 0 aromatic heterocycles. The van der Waals surface area contributed by atoms with Gasteiger partial charge in [0.25, 0.3) is 0 Å². The number of aliphatic carboxylic acids is 1. The summed E-state index contributed by atoms with van der Waals surface area (Å²) in [4.78, 5) is 23.4. The van der Waals surface area contributed by atoms with Crippen LogP contribution in [0.1, 0.15) is 24.0 Å². The SMILES string of the molecule is NC(=O)CCCc1cc2cccc3ccc4c(N[C@@H](Cc5ccccc5)C(=O)O)ccc1c4c32. The number of anilines is 1. The molecule has 170 valence electrons. The summed E-state index contributed by atoms with van der Waals surface area (Å²) in [5.74, 6) is -1.18. The first-order valence-electron chi connectivity index (χ1n) is 11.5. The first-order chi connectivity index (χ1) is 16.5. The molecule has 0 spiro atoms. The molecule has 5 heteroatoms. The Labute approximate surface area is 197 Å². The van der Waals surface area contributed by atoms with Crippen LogP contribution in [0.2, 0.25) is 0 Å². The molecule has 0 aliphatic carbocycles. The number of carbonyl (C=O) groups excluding carboxylic acids is 1. The van der Waals surface area contributed by atoms with E-state index in [4.69, 9.17) is 5.73 Å². The van der Waals surface area contributed by atoms with Crippen molar-refractivity contribution >= 4 is 49.9 Å². The molecule has 0 saturated heterocycles. The predicted molar refractivity (Wildman–Crippen MR) is 137 cm³/mol. The van der Waals surface area contributed by atoms with Gasteiger partial charge in [-0.15, -0.1) is 0 Å². The van der Waals surface area contributed by atoms with E-state index in [0.717, 1.165) is 44.6 Å². The van der Waals surface area contributed by atoms with Crippen LogP contribution in [-0.4, -0.2) is 23.0 Å². The second-order valence-electron chi connectivity index (χ2n) is 8.81. The highest BCUT2D eigenvalue weighted by atomic mass is 16.4. The van der Waals surface area contributed by atoms with Crippen molar-refractivity contribution in [3.63, 3.8) is 0 Å². The fraction of sp³-hybridized carbons (Fsp3) is 0.172. The molecule has 5 nitrogen and oxygen atoms in total. The summed E-state index contributed by atoms with van der Waals surface area (Å²) in [5, 5.41) is 19.9. The quantitative estimate of drug-likeness (QED) is 0.259. The summed E-state index contributed by atoms with van der Waals surface area (Å²) >= 11 is 0. The minimum absolute atomic E-state index is 0.290. The van der Waals surface area contributed by atoms with E-state index in [1.807, 2.05) is 36.4 Å². The second kappa shape index (κ2) is 9.02. The van der Waals surface area contributed by atoms with Crippen molar-refractivity contribution in [2.24, 2.45) is 5.73 Å². The zero-order chi connectivity index (χ0) is 23.7. The van der Waals surface area contributed by atoms with Crippen LogP contribution in [0, 0.1) is 0 Å². The molecule has 0 aliphatic rings. The number of rotatable bonds is 9. The molecule has 0 fully saturated rings. The fourth-order valence-corrected chi connectivity index (χ4v) is 4.93. The number of carboxylic acids is 1. The van der Waals surface area contributed by atoms with Gasteiger partial charge >= 0.3 is 5.97 Å². The topological polar surface area (TPSA) is 92.4 Å². The van der Waals surface area contributed by atoms with Crippen LogP contribution in [0.3, 0.4) is 0 Å². The maximum atomic E-state index is 12.1. The van der Waals surface area contributed by atoms with Gasteiger partial charge in [0.15, 0.2) is 0 Å². The van der Waals surface area contributed by atoms with Crippen LogP contribution in [0.4, 0.5) is 5.69 Å². The van der Waals surface area contributed by atoms with Crippen LogP contribution in [0.25, 0.3) is 32.3 Å². The molecule has 0 saturated carbocycles. The molecule has 0 bridgehead atoms. The maximum Gasteiger partial charge on any atom is 0.326 e. The van der Waals surface area contributed by atoms with E-state index in [-0.39, 0.29) is 5.91 Å². The lowest BCUT2D eigenvalue weighted by atomic mass is 9.89. The fourth-order valence-electron chi connectivity index (χ4n) is 4.93. The molecule has 5 aromatic rings. The third kappa shape index (κ3) is 4.13. The maximum absolute atomic E-state index is 12.1. The van der Waals surface area contributed by atoms with Gasteiger partial charge in [-0.3, -0.25) is 4.79 Å². The standard InChI is InChI=1S/C29H26N2O3/c30-26(32)11-5-9-20-17-21-10-4-8-19-12-13-23-24(15-14-22(20)28(23)27(19)21)31-25(29(33)34)16-18-6-2-1-3-7-18/h1-4,6-8,10,12-15,17,25,31H,5,9,11,16H2,(H2,30,32)(H,33,34)/t25-/m0/s1. The highest BCUT2D eigenvalue weighted by Gasteiger charge is 2.20. The molecule has 0 heterocycles. The number of aryl methyl sites for hydroxylation is 1. The van der Waals surface area contributed by atoms with Gasteiger partial charge in [-0.2, -0.15) is 0 Å². The summed E-state index contributed by atoms with van der Waals surface area (Å²) in [7, 11) is 0.